The number of carboxylic acids is 1. The second kappa shape index (κ2) is 4.07. The fourth-order valence-electron chi connectivity index (χ4n) is 0.909. The van der Waals surface area contributed by atoms with Crippen LogP contribution in [0.1, 0.15) is 15.9 Å². The summed E-state index contributed by atoms with van der Waals surface area (Å²) in [6.45, 7) is 0. The highest BCUT2D eigenvalue weighted by Crippen LogP contribution is 2.06. The van der Waals surface area contributed by atoms with Crippen molar-refractivity contribution < 1.29 is 9.90 Å². The molecule has 0 amide bonds. The third-order valence-electron chi connectivity index (χ3n) is 1.48. The van der Waals surface area contributed by atoms with Crippen molar-refractivity contribution in [1.29, 1.82) is 5.26 Å². The van der Waals surface area contributed by atoms with Gasteiger partial charge in [0.25, 0.3) is 0 Å². The third kappa shape index (κ3) is 2.46. The molecule has 0 fully saturated rings. The molecule has 0 bridgehead atoms. The fourth-order valence-corrected chi connectivity index (χ4v) is 0.909. The van der Waals surface area contributed by atoms with E-state index in [4.69, 9.17) is 10.4 Å². The first-order chi connectivity index (χ1) is 6.24. The summed E-state index contributed by atoms with van der Waals surface area (Å²) in [6, 6.07) is 8.23. The lowest BCUT2D eigenvalue weighted by Crippen LogP contribution is -1.95. The van der Waals surface area contributed by atoms with Crippen molar-refractivity contribution in [2.45, 2.75) is 0 Å². The van der Waals surface area contributed by atoms with E-state index in [2.05, 4.69) is 0 Å². The lowest BCUT2D eigenvalue weighted by atomic mass is 10.1. The molecule has 3 nitrogen and oxygen atoms in total. The number of nitrogens with zero attached hydrogens (tertiary/aromatic N) is 1. The number of rotatable bonds is 2. The molecule has 1 N–H and O–H groups in total. The Hall–Kier alpha value is -2.08. The number of nitriles is 1. The summed E-state index contributed by atoms with van der Waals surface area (Å²) < 4.78 is 0. The summed E-state index contributed by atoms with van der Waals surface area (Å²) >= 11 is 0. The zero-order valence-electron chi connectivity index (χ0n) is 6.77. The standard InChI is InChI=1S/C10H7NO2/c11-6-2-4-8-3-1-5-9(7-8)10(12)13/h1-5,7H,(H,12,13)/b4-2+. The van der Waals surface area contributed by atoms with Crippen LogP contribution >= 0.6 is 0 Å². The molecule has 0 saturated carbocycles. The van der Waals surface area contributed by atoms with Crippen LogP contribution in [-0.4, -0.2) is 11.1 Å². The van der Waals surface area contributed by atoms with Crippen LogP contribution in [0.25, 0.3) is 6.08 Å². The fraction of sp³-hybridized carbons (Fsp3) is 0. The van der Waals surface area contributed by atoms with Gasteiger partial charge in [0.1, 0.15) is 0 Å². The Labute approximate surface area is 75.5 Å². The van der Waals surface area contributed by atoms with E-state index in [1.54, 1.807) is 18.2 Å². The minimum Gasteiger partial charge on any atom is -0.478 e. The molecular weight excluding hydrogens is 166 g/mol. The lowest BCUT2D eigenvalue weighted by Gasteiger charge is -1.95. The summed E-state index contributed by atoms with van der Waals surface area (Å²) in [5.41, 5.74) is 0.932. The van der Waals surface area contributed by atoms with Gasteiger partial charge in [0.15, 0.2) is 0 Å². The molecule has 0 aromatic heterocycles. The maximum Gasteiger partial charge on any atom is 0.335 e. The van der Waals surface area contributed by atoms with Gasteiger partial charge in [-0.2, -0.15) is 5.26 Å². The molecule has 1 aromatic carbocycles. The molecule has 0 unspecified atom stereocenters. The Morgan fingerprint density at radius 2 is 2.31 bits per heavy atom. The summed E-state index contributed by atoms with van der Waals surface area (Å²) in [4.78, 5) is 10.5. The van der Waals surface area contributed by atoms with Gasteiger partial charge < -0.3 is 5.11 Å². The number of aromatic carboxylic acids is 1. The second-order valence-electron chi connectivity index (χ2n) is 2.39. The summed E-state index contributed by atoms with van der Waals surface area (Å²) in [5, 5.41) is 16.9. The zero-order valence-corrected chi connectivity index (χ0v) is 6.77. The Kier molecular flexibility index (Phi) is 2.82. The van der Waals surface area contributed by atoms with Crippen LogP contribution < -0.4 is 0 Å². The van der Waals surface area contributed by atoms with Crippen LogP contribution in [-0.2, 0) is 0 Å². The molecule has 1 rings (SSSR count). The van der Waals surface area contributed by atoms with E-state index in [9.17, 15) is 4.79 Å². The normalized spacial score (nSPS) is 9.77. The van der Waals surface area contributed by atoms with E-state index in [1.165, 1.54) is 18.2 Å². The van der Waals surface area contributed by atoms with Crippen LogP contribution in [0.4, 0.5) is 0 Å². The summed E-state index contributed by atoms with van der Waals surface area (Å²) in [5.74, 6) is -0.966. The molecule has 64 valence electrons. The van der Waals surface area contributed by atoms with Crippen molar-refractivity contribution in [2.75, 3.05) is 0 Å². The summed E-state index contributed by atoms with van der Waals surface area (Å²) in [7, 11) is 0. The highest BCUT2D eigenvalue weighted by molar-refractivity contribution is 5.88. The Morgan fingerprint density at radius 1 is 1.54 bits per heavy atom. The quantitative estimate of drug-likeness (QED) is 0.695. The van der Waals surface area contributed by atoms with E-state index in [1.807, 2.05) is 6.07 Å². The van der Waals surface area contributed by atoms with Crippen molar-refractivity contribution in [2.24, 2.45) is 0 Å². The largest absolute Gasteiger partial charge is 0.478 e. The van der Waals surface area contributed by atoms with Crippen LogP contribution in [0, 0.1) is 11.3 Å². The van der Waals surface area contributed by atoms with E-state index >= 15 is 0 Å². The van der Waals surface area contributed by atoms with Crippen molar-refractivity contribution in [3.8, 4) is 6.07 Å². The van der Waals surface area contributed by atoms with Gasteiger partial charge in [-0.1, -0.05) is 12.1 Å². The van der Waals surface area contributed by atoms with Crippen LogP contribution in [0.3, 0.4) is 0 Å². The summed E-state index contributed by atoms with van der Waals surface area (Å²) in [6.07, 6.45) is 2.87. The topological polar surface area (TPSA) is 61.1 Å². The molecule has 13 heavy (non-hydrogen) atoms. The first-order valence-electron chi connectivity index (χ1n) is 3.63. The minimum atomic E-state index is -0.966. The number of hydrogen-bond donors (Lipinski definition) is 1. The highest BCUT2D eigenvalue weighted by Gasteiger charge is 2.00. The smallest absolute Gasteiger partial charge is 0.335 e. The monoisotopic (exact) mass is 173 g/mol. The minimum absolute atomic E-state index is 0.222. The number of carboxylic acid groups (broad SMARTS) is 1. The van der Waals surface area contributed by atoms with Gasteiger partial charge in [-0.3, -0.25) is 0 Å². The van der Waals surface area contributed by atoms with Crippen LogP contribution in [0.15, 0.2) is 30.3 Å². The maximum absolute atomic E-state index is 10.5. The predicted molar refractivity (Wildman–Crippen MR) is 48.0 cm³/mol. The molecule has 0 saturated heterocycles. The highest BCUT2D eigenvalue weighted by atomic mass is 16.4. The van der Waals surface area contributed by atoms with Gasteiger partial charge >= 0.3 is 5.97 Å². The third-order valence-corrected chi connectivity index (χ3v) is 1.48. The molecule has 0 atom stereocenters. The van der Waals surface area contributed by atoms with Crippen molar-refractivity contribution in [1.82, 2.24) is 0 Å². The van der Waals surface area contributed by atoms with E-state index < -0.39 is 5.97 Å². The van der Waals surface area contributed by atoms with Gasteiger partial charge in [0, 0.05) is 6.08 Å². The van der Waals surface area contributed by atoms with Gasteiger partial charge in [0.2, 0.25) is 0 Å². The number of allylic oxidation sites excluding steroid dienone is 1. The van der Waals surface area contributed by atoms with Crippen molar-refractivity contribution in [3.05, 3.63) is 41.5 Å². The molecule has 0 spiro atoms. The molecule has 3 heteroatoms. The van der Waals surface area contributed by atoms with Gasteiger partial charge in [-0.15, -0.1) is 0 Å². The average molecular weight is 173 g/mol. The number of hydrogen-bond acceptors (Lipinski definition) is 2. The van der Waals surface area contributed by atoms with Gasteiger partial charge in [-0.05, 0) is 23.8 Å². The number of benzene rings is 1. The first-order valence-corrected chi connectivity index (χ1v) is 3.63. The molecule has 0 heterocycles. The molecule has 0 radical (unpaired) electrons. The van der Waals surface area contributed by atoms with Crippen LogP contribution in [0.2, 0.25) is 0 Å². The molecule has 0 aliphatic heterocycles. The molecule has 0 aliphatic carbocycles. The lowest BCUT2D eigenvalue weighted by molar-refractivity contribution is 0.0697. The van der Waals surface area contributed by atoms with Crippen molar-refractivity contribution >= 4 is 12.0 Å². The van der Waals surface area contributed by atoms with Crippen LogP contribution in [0.5, 0.6) is 0 Å². The molecule has 1 aromatic rings. The van der Waals surface area contributed by atoms with E-state index in [0.29, 0.717) is 5.56 Å². The Bertz CT molecular complexity index is 388. The first kappa shape index (κ1) is 9.01. The SMILES string of the molecule is N#C/C=C/c1cccc(C(=O)O)c1. The maximum atomic E-state index is 10.5. The van der Waals surface area contributed by atoms with E-state index in [0.717, 1.165) is 0 Å². The Balaban J connectivity index is 3.00. The molecular formula is C10H7NO2. The van der Waals surface area contributed by atoms with Crippen molar-refractivity contribution in [3.63, 3.8) is 0 Å². The zero-order chi connectivity index (χ0) is 9.68. The Morgan fingerprint density at radius 3 is 2.92 bits per heavy atom. The van der Waals surface area contributed by atoms with Gasteiger partial charge in [0.05, 0.1) is 11.6 Å². The molecule has 0 aliphatic rings. The average Bonchev–Trinajstić information content (AvgIpc) is 2.15. The number of carbonyl (C=O) groups is 1. The van der Waals surface area contributed by atoms with Gasteiger partial charge in [-0.25, -0.2) is 4.79 Å². The second-order valence-corrected chi connectivity index (χ2v) is 2.39. The predicted octanol–water partition coefficient (Wildman–Crippen LogP) is 1.92. The van der Waals surface area contributed by atoms with E-state index in [-0.39, 0.29) is 5.56 Å².